The number of hydrogen-bond donors (Lipinski definition) is 1. The lowest BCUT2D eigenvalue weighted by Gasteiger charge is -2.08. The van der Waals surface area contributed by atoms with E-state index in [4.69, 9.17) is 9.47 Å². The molecule has 20 heavy (non-hydrogen) atoms. The van der Waals surface area contributed by atoms with Gasteiger partial charge in [-0.05, 0) is 38.1 Å². The minimum absolute atomic E-state index is 0.0711. The first-order valence-corrected chi connectivity index (χ1v) is 6.17. The summed E-state index contributed by atoms with van der Waals surface area (Å²) in [6.45, 7) is 3.84. The molecule has 0 amide bonds. The highest BCUT2D eigenvalue weighted by Gasteiger charge is 2.11. The quantitative estimate of drug-likeness (QED) is 0.688. The Morgan fingerprint density at radius 3 is 2.25 bits per heavy atom. The molecule has 0 spiro atoms. The summed E-state index contributed by atoms with van der Waals surface area (Å²) in [6, 6.07) is 9.96. The highest BCUT2D eigenvalue weighted by molar-refractivity contribution is 5.91. The van der Waals surface area contributed by atoms with Crippen molar-refractivity contribution in [3.63, 3.8) is 0 Å². The standard InChI is InChI=1S/C16H16O4/c1-10-6-11(2)8-12(7-10)16(18)20-13-4-5-15(19-3)14(17)9-13/h4-9,17H,1-3H3. The average molecular weight is 272 g/mol. The lowest BCUT2D eigenvalue weighted by Crippen LogP contribution is -2.09. The summed E-state index contributed by atoms with van der Waals surface area (Å²) in [6.07, 6.45) is 0. The lowest BCUT2D eigenvalue weighted by molar-refractivity contribution is 0.0734. The van der Waals surface area contributed by atoms with Gasteiger partial charge in [-0.15, -0.1) is 0 Å². The molecule has 0 unspecified atom stereocenters. The van der Waals surface area contributed by atoms with Crippen molar-refractivity contribution < 1.29 is 19.4 Å². The van der Waals surface area contributed by atoms with E-state index in [1.54, 1.807) is 24.3 Å². The van der Waals surface area contributed by atoms with Crippen LogP contribution in [0.2, 0.25) is 0 Å². The van der Waals surface area contributed by atoms with Crippen LogP contribution in [0.4, 0.5) is 0 Å². The lowest BCUT2D eigenvalue weighted by atomic mass is 10.1. The molecule has 2 aromatic rings. The minimum Gasteiger partial charge on any atom is -0.504 e. The van der Waals surface area contributed by atoms with Crippen LogP contribution in [-0.4, -0.2) is 18.2 Å². The fourth-order valence-corrected chi connectivity index (χ4v) is 1.99. The molecule has 104 valence electrons. The number of rotatable bonds is 3. The van der Waals surface area contributed by atoms with Crippen molar-refractivity contribution in [2.45, 2.75) is 13.8 Å². The first-order valence-electron chi connectivity index (χ1n) is 6.17. The number of hydrogen-bond acceptors (Lipinski definition) is 4. The number of benzene rings is 2. The molecule has 0 aliphatic rings. The predicted molar refractivity (Wildman–Crippen MR) is 75.5 cm³/mol. The van der Waals surface area contributed by atoms with Crippen molar-refractivity contribution in [2.24, 2.45) is 0 Å². The average Bonchev–Trinajstić information content (AvgIpc) is 2.37. The number of aryl methyl sites for hydroxylation is 2. The normalized spacial score (nSPS) is 10.2. The Kier molecular flexibility index (Phi) is 3.94. The maximum absolute atomic E-state index is 12.0. The monoisotopic (exact) mass is 272 g/mol. The van der Waals surface area contributed by atoms with Gasteiger partial charge in [0.2, 0.25) is 0 Å². The third-order valence-corrected chi connectivity index (χ3v) is 2.82. The van der Waals surface area contributed by atoms with E-state index in [-0.39, 0.29) is 11.5 Å². The van der Waals surface area contributed by atoms with Gasteiger partial charge < -0.3 is 14.6 Å². The largest absolute Gasteiger partial charge is 0.504 e. The van der Waals surface area contributed by atoms with Crippen LogP contribution in [0.1, 0.15) is 21.5 Å². The van der Waals surface area contributed by atoms with Gasteiger partial charge in [-0.1, -0.05) is 17.2 Å². The maximum Gasteiger partial charge on any atom is 0.343 e. The summed E-state index contributed by atoms with van der Waals surface area (Å²) in [7, 11) is 1.45. The van der Waals surface area contributed by atoms with Crippen molar-refractivity contribution in [3.05, 3.63) is 53.1 Å². The van der Waals surface area contributed by atoms with Gasteiger partial charge in [0, 0.05) is 6.07 Å². The number of methoxy groups -OCH3 is 1. The fraction of sp³-hybridized carbons (Fsp3) is 0.188. The molecule has 2 aromatic carbocycles. The van der Waals surface area contributed by atoms with E-state index >= 15 is 0 Å². The number of carbonyl (C=O) groups is 1. The van der Waals surface area contributed by atoms with Gasteiger partial charge >= 0.3 is 5.97 Å². The van der Waals surface area contributed by atoms with Gasteiger partial charge in [0.25, 0.3) is 0 Å². The third kappa shape index (κ3) is 3.09. The number of phenolic OH excluding ortho intramolecular Hbond substituents is 1. The molecule has 0 aromatic heterocycles. The van der Waals surface area contributed by atoms with E-state index < -0.39 is 5.97 Å². The Bertz CT molecular complexity index is 627. The van der Waals surface area contributed by atoms with Gasteiger partial charge in [-0.3, -0.25) is 0 Å². The van der Waals surface area contributed by atoms with Gasteiger partial charge in [0.05, 0.1) is 12.7 Å². The van der Waals surface area contributed by atoms with E-state index in [0.29, 0.717) is 11.3 Å². The molecular weight excluding hydrogens is 256 g/mol. The molecule has 0 fully saturated rings. The van der Waals surface area contributed by atoms with Crippen LogP contribution in [0.5, 0.6) is 17.2 Å². The Labute approximate surface area is 117 Å². The molecule has 0 atom stereocenters. The van der Waals surface area contributed by atoms with Crippen molar-refractivity contribution in [1.29, 1.82) is 0 Å². The molecule has 0 saturated heterocycles. The fourth-order valence-electron chi connectivity index (χ4n) is 1.99. The highest BCUT2D eigenvalue weighted by Crippen LogP contribution is 2.30. The van der Waals surface area contributed by atoms with Crippen LogP contribution in [0.15, 0.2) is 36.4 Å². The second-order valence-corrected chi connectivity index (χ2v) is 4.60. The summed E-state index contributed by atoms with van der Waals surface area (Å²) < 4.78 is 10.2. The topological polar surface area (TPSA) is 55.8 Å². The molecule has 0 aliphatic carbocycles. The van der Waals surface area contributed by atoms with Gasteiger partial charge in [0.15, 0.2) is 11.5 Å². The molecule has 0 heterocycles. The molecule has 4 nitrogen and oxygen atoms in total. The predicted octanol–water partition coefficient (Wildman–Crippen LogP) is 3.24. The number of carbonyl (C=O) groups excluding carboxylic acids is 1. The van der Waals surface area contributed by atoms with E-state index in [1.807, 2.05) is 19.9 Å². The number of ether oxygens (including phenoxy) is 2. The van der Waals surface area contributed by atoms with Crippen LogP contribution in [0.25, 0.3) is 0 Å². The van der Waals surface area contributed by atoms with Gasteiger partial charge in [-0.25, -0.2) is 4.79 Å². The second kappa shape index (κ2) is 5.65. The van der Waals surface area contributed by atoms with Crippen LogP contribution in [0, 0.1) is 13.8 Å². The Hall–Kier alpha value is -2.49. The SMILES string of the molecule is COc1ccc(OC(=O)c2cc(C)cc(C)c2)cc1O. The summed E-state index contributed by atoms with van der Waals surface area (Å²) in [5, 5.41) is 9.65. The summed E-state index contributed by atoms with van der Waals surface area (Å²) in [5.41, 5.74) is 2.47. The van der Waals surface area contributed by atoms with Gasteiger partial charge in [-0.2, -0.15) is 0 Å². The Morgan fingerprint density at radius 2 is 1.70 bits per heavy atom. The van der Waals surface area contributed by atoms with Crippen molar-refractivity contribution in [3.8, 4) is 17.2 Å². The smallest absolute Gasteiger partial charge is 0.343 e. The van der Waals surface area contributed by atoms with E-state index in [1.165, 1.54) is 13.2 Å². The molecule has 0 bridgehead atoms. The molecular formula is C16H16O4. The maximum atomic E-state index is 12.0. The first-order chi connectivity index (χ1) is 9.49. The van der Waals surface area contributed by atoms with Crippen LogP contribution < -0.4 is 9.47 Å². The Morgan fingerprint density at radius 1 is 1.05 bits per heavy atom. The zero-order valence-corrected chi connectivity index (χ0v) is 11.6. The van der Waals surface area contributed by atoms with Crippen molar-refractivity contribution >= 4 is 5.97 Å². The molecule has 0 saturated carbocycles. The van der Waals surface area contributed by atoms with E-state index in [2.05, 4.69) is 0 Å². The molecule has 0 aliphatic heterocycles. The molecule has 2 rings (SSSR count). The number of phenols is 1. The summed E-state index contributed by atoms with van der Waals surface area (Å²) in [5.74, 6) is 0.0725. The molecule has 4 heteroatoms. The van der Waals surface area contributed by atoms with Gasteiger partial charge in [0.1, 0.15) is 5.75 Å². The molecule has 0 radical (unpaired) electrons. The zero-order chi connectivity index (χ0) is 14.7. The van der Waals surface area contributed by atoms with Crippen LogP contribution in [0.3, 0.4) is 0 Å². The summed E-state index contributed by atoms with van der Waals surface area (Å²) >= 11 is 0. The zero-order valence-electron chi connectivity index (χ0n) is 11.6. The summed E-state index contributed by atoms with van der Waals surface area (Å²) in [4.78, 5) is 12.0. The number of esters is 1. The first kappa shape index (κ1) is 13.9. The third-order valence-electron chi connectivity index (χ3n) is 2.82. The Balaban J connectivity index is 2.21. The van der Waals surface area contributed by atoms with Crippen LogP contribution >= 0.6 is 0 Å². The molecule has 1 N–H and O–H groups in total. The van der Waals surface area contributed by atoms with E-state index in [0.717, 1.165) is 11.1 Å². The minimum atomic E-state index is -0.457. The van der Waals surface area contributed by atoms with E-state index in [9.17, 15) is 9.90 Å². The van der Waals surface area contributed by atoms with Crippen molar-refractivity contribution in [1.82, 2.24) is 0 Å². The van der Waals surface area contributed by atoms with Crippen molar-refractivity contribution in [2.75, 3.05) is 7.11 Å². The second-order valence-electron chi connectivity index (χ2n) is 4.60. The van der Waals surface area contributed by atoms with Crippen LogP contribution in [-0.2, 0) is 0 Å². The number of aromatic hydroxyl groups is 1. The highest BCUT2D eigenvalue weighted by atomic mass is 16.5.